The minimum absolute atomic E-state index is 0.709. The summed E-state index contributed by atoms with van der Waals surface area (Å²) in [6.07, 6.45) is 0. The van der Waals surface area contributed by atoms with Crippen LogP contribution in [0.5, 0.6) is 0 Å². The van der Waals surface area contributed by atoms with Gasteiger partial charge in [0.2, 0.25) is 0 Å². The van der Waals surface area contributed by atoms with Crippen LogP contribution in [0.2, 0.25) is 0 Å². The molecule has 0 aliphatic carbocycles. The van der Waals surface area contributed by atoms with E-state index in [1.165, 1.54) is 5.56 Å². The van der Waals surface area contributed by atoms with Gasteiger partial charge in [0.1, 0.15) is 0 Å². The molecule has 0 radical (unpaired) electrons. The SMILES string of the molecule is CC([TeH])c1ccccc1. The molecule has 0 aliphatic rings. The molecule has 48 valence electrons. The van der Waals surface area contributed by atoms with Gasteiger partial charge in [0.05, 0.1) is 0 Å². The molecule has 1 rings (SSSR count). The van der Waals surface area contributed by atoms with Gasteiger partial charge in [0.25, 0.3) is 0 Å². The summed E-state index contributed by atoms with van der Waals surface area (Å²) in [5, 5.41) is 0. The molecule has 0 spiro atoms. The summed E-state index contributed by atoms with van der Waals surface area (Å²) >= 11 is 1.86. The molecule has 0 aromatic heterocycles. The molecule has 1 atom stereocenters. The number of hydrogen-bond acceptors (Lipinski definition) is 0. The van der Waals surface area contributed by atoms with Crippen molar-refractivity contribution in [2.24, 2.45) is 0 Å². The Bertz CT molecular complexity index is 167. The zero-order chi connectivity index (χ0) is 6.69. The van der Waals surface area contributed by atoms with E-state index in [0.29, 0.717) is 3.97 Å². The average molecular weight is 234 g/mol. The quantitative estimate of drug-likeness (QED) is 0.648. The summed E-state index contributed by atoms with van der Waals surface area (Å²) in [7, 11) is 0. The van der Waals surface area contributed by atoms with Gasteiger partial charge in [-0.15, -0.1) is 0 Å². The maximum absolute atomic E-state index is 2.23. The van der Waals surface area contributed by atoms with Gasteiger partial charge < -0.3 is 0 Å². The van der Waals surface area contributed by atoms with Crippen molar-refractivity contribution in [3.05, 3.63) is 35.9 Å². The van der Waals surface area contributed by atoms with E-state index in [4.69, 9.17) is 0 Å². The van der Waals surface area contributed by atoms with Crippen molar-refractivity contribution in [1.82, 2.24) is 0 Å². The fourth-order valence-corrected chi connectivity index (χ4v) is 1.22. The molecule has 9 heavy (non-hydrogen) atoms. The van der Waals surface area contributed by atoms with E-state index in [0.717, 1.165) is 0 Å². The standard InChI is InChI=1S/C8H10Te/c1-7(9)8-5-3-2-4-6-8/h2-7,9H,1H3. The molecule has 0 aliphatic heterocycles. The summed E-state index contributed by atoms with van der Waals surface area (Å²) in [5.74, 6) is 0. The Morgan fingerprint density at radius 1 is 1.22 bits per heavy atom. The van der Waals surface area contributed by atoms with Gasteiger partial charge in [-0.25, -0.2) is 0 Å². The summed E-state index contributed by atoms with van der Waals surface area (Å²) < 4.78 is 0.709. The molecule has 0 saturated heterocycles. The Morgan fingerprint density at radius 3 is 2.11 bits per heavy atom. The van der Waals surface area contributed by atoms with E-state index < -0.39 is 0 Å². The number of hydrogen-bond donors (Lipinski definition) is 0. The van der Waals surface area contributed by atoms with Crippen molar-refractivity contribution in [3.8, 4) is 0 Å². The summed E-state index contributed by atoms with van der Waals surface area (Å²) in [5.41, 5.74) is 1.44. The monoisotopic (exact) mass is 236 g/mol. The Balaban J connectivity index is 2.85. The first-order valence-electron chi connectivity index (χ1n) is 3.03. The third kappa shape index (κ3) is 2.01. The van der Waals surface area contributed by atoms with Gasteiger partial charge in [-0.3, -0.25) is 0 Å². The van der Waals surface area contributed by atoms with Gasteiger partial charge >= 0.3 is 69.1 Å². The van der Waals surface area contributed by atoms with Gasteiger partial charge in [-0.1, -0.05) is 0 Å². The zero-order valence-electron chi connectivity index (χ0n) is 5.41. The topological polar surface area (TPSA) is 0 Å². The normalized spacial score (nSPS) is 13.1. The first kappa shape index (κ1) is 7.12. The van der Waals surface area contributed by atoms with Crippen molar-refractivity contribution in [2.45, 2.75) is 10.9 Å². The summed E-state index contributed by atoms with van der Waals surface area (Å²) in [4.78, 5) is 0. The van der Waals surface area contributed by atoms with Gasteiger partial charge in [0.15, 0.2) is 0 Å². The summed E-state index contributed by atoms with van der Waals surface area (Å²) in [6, 6.07) is 10.6. The zero-order valence-corrected chi connectivity index (χ0v) is 7.96. The van der Waals surface area contributed by atoms with E-state index in [1.54, 1.807) is 0 Å². The van der Waals surface area contributed by atoms with Crippen LogP contribution in [0.3, 0.4) is 0 Å². The molecule has 1 aromatic rings. The molecular formula is C8H10Te. The molecule has 1 unspecified atom stereocenters. The van der Waals surface area contributed by atoms with Crippen molar-refractivity contribution in [1.29, 1.82) is 0 Å². The van der Waals surface area contributed by atoms with E-state index in [1.807, 2.05) is 22.3 Å². The molecular weight excluding hydrogens is 224 g/mol. The Morgan fingerprint density at radius 2 is 1.78 bits per heavy atom. The molecule has 0 N–H and O–H groups in total. The number of rotatable bonds is 1. The van der Waals surface area contributed by atoms with E-state index >= 15 is 0 Å². The third-order valence-electron chi connectivity index (χ3n) is 1.28. The van der Waals surface area contributed by atoms with Crippen LogP contribution in [-0.4, -0.2) is 22.3 Å². The van der Waals surface area contributed by atoms with E-state index in [9.17, 15) is 0 Å². The van der Waals surface area contributed by atoms with Gasteiger partial charge in [-0.05, 0) is 0 Å². The van der Waals surface area contributed by atoms with Crippen LogP contribution in [-0.2, 0) is 0 Å². The molecule has 0 saturated carbocycles. The predicted molar refractivity (Wildman–Crippen MR) is 42.0 cm³/mol. The molecule has 1 heteroatoms. The van der Waals surface area contributed by atoms with Crippen LogP contribution in [0.4, 0.5) is 0 Å². The van der Waals surface area contributed by atoms with Gasteiger partial charge in [-0.2, -0.15) is 0 Å². The van der Waals surface area contributed by atoms with E-state index in [2.05, 4.69) is 37.3 Å². The Hall–Kier alpha value is 0.00961. The molecule has 0 amide bonds. The molecule has 0 heterocycles. The molecule has 0 nitrogen and oxygen atoms in total. The third-order valence-corrected chi connectivity index (χ3v) is 2.13. The van der Waals surface area contributed by atoms with Gasteiger partial charge in [0, 0.05) is 0 Å². The van der Waals surface area contributed by atoms with Crippen molar-refractivity contribution < 1.29 is 0 Å². The predicted octanol–water partition coefficient (Wildman–Crippen LogP) is 1.65. The molecule has 0 fully saturated rings. The minimum atomic E-state index is 0.709. The van der Waals surface area contributed by atoms with Crippen LogP contribution in [0.1, 0.15) is 16.5 Å². The van der Waals surface area contributed by atoms with Crippen LogP contribution in [0.15, 0.2) is 30.3 Å². The van der Waals surface area contributed by atoms with E-state index in [-0.39, 0.29) is 0 Å². The van der Waals surface area contributed by atoms with Crippen molar-refractivity contribution in [3.63, 3.8) is 0 Å². The average Bonchev–Trinajstić information content (AvgIpc) is 1.90. The maximum atomic E-state index is 2.23. The second-order valence-electron chi connectivity index (χ2n) is 2.09. The van der Waals surface area contributed by atoms with Crippen LogP contribution >= 0.6 is 0 Å². The van der Waals surface area contributed by atoms with Crippen LogP contribution in [0.25, 0.3) is 0 Å². The summed E-state index contributed by atoms with van der Waals surface area (Å²) in [6.45, 7) is 2.23. The molecule has 1 aromatic carbocycles. The first-order valence-corrected chi connectivity index (χ1v) is 4.51. The van der Waals surface area contributed by atoms with Crippen molar-refractivity contribution in [2.75, 3.05) is 0 Å². The van der Waals surface area contributed by atoms with Crippen LogP contribution in [0, 0.1) is 0 Å². The first-order chi connectivity index (χ1) is 4.30. The second kappa shape index (κ2) is 3.25. The Kier molecular flexibility index (Phi) is 2.57. The van der Waals surface area contributed by atoms with Crippen LogP contribution < -0.4 is 0 Å². The Labute approximate surface area is 69.2 Å². The second-order valence-corrected chi connectivity index (χ2v) is 4.30. The fourth-order valence-electron chi connectivity index (χ4n) is 0.732. The van der Waals surface area contributed by atoms with Crippen molar-refractivity contribution >= 4 is 22.3 Å². The molecule has 0 bridgehead atoms. The number of benzene rings is 1. The fraction of sp³-hybridized carbons (Fsp3) is 0.250.